The summed E-state index contributed by atoms with van der Waals surface area (Å²) in [6.07, 6.45) is 0.159. The number of rotatable bonds is 5. The van der Waals surface area contributed by atoms with E-state index in [1.807, 2.05) is 26.8 Å². The van der Waals surface area contributed by atoms with Gasteiger partial charge in [0, 0.05) is 18.7 Å². The van der Waals surface area contributed by atoms with Crippen LogP contribution in [-0.2, 0) is 11.3 Å². The third-order valence-corrected chi connectivity index (χ3v) is 4.31. The number of benzene rings is 1. The number of phenolic OH excluding ortho intramolecular Hbond substituents is 2. The van der Waals surface area contributed by atoms with Crippen LogP contribution in [0.2, 0.25) is 0 Å². The van der Waals surface area contributed by atoms with E-state index >= 15 is 0 Å². The van der Waals surface area contributed by atoms with E-state index in [2.05, 4.69) is 5.16 Å². The highest BCUT2D eigenvalue weighted by Crippen LogP contribution is 2.41. The van der Waals surface area contributed by atoms with Gasteiger partial charge in [-0.2, -0.15) is 5.26 Å². The Kier molecular flexibility index (Phi) is 4.87. The molecule has 3 rings (SSSR count). The number of aromatic nitrogens is 1. The minimum atomic E-state index is -0.0749. The van der Waals surface area contributed by atoms with Crippen molar-refractivity contribution >= 4 is 11.3 Å². The number of nitrogens with zero attached hydrogens (tertiary/aromatic N) is 3. The first kappa shape index (κ1) is 17.8. The van der Waals surface area contributed by atoms with Gasteiger partial charge in [0.25, 0.3) is 0 Å². The van der Waals surface area contributed by atoms with Crippen LogP contribution in [-0.4, -0.2) is 33.5 Å². The third-order valence-electron chi connectivity index (χ3n) is 4.31. The summed E-state index contributed by atoms with van der Waals surface area (Å²) in [7, 11) is 0. The van der Waals surface area contributed by atoms with Crippen LogP contribution in [0.3, 0.4) is 0 Å². The molecule has 0 unspecified atom stereocenters. The lowest BCUT2D eigenvalue weighted by molar-refractivity contribution is -0.0557. The molecule has 7 nitrogen and oxygen atoms in total. The van der Waals surface area contributed by atoms with Gasteiger partial charge in [-0.3, -0.25) is 0 Å². The molecule has 1 aliphatic rings. The number of phenols is 2. The predicted molar refractivity (Wildman–Crippen MR) is 94.8 cm³/mol. The molecule has 2 heterocycles. The normalized spacial score (nSPS) is 14.7. The van der Waals surface area contributed by atoms with Gasteiger partial charge in [-0.05, 0) is 24.5 Å². The Bertz CT molecular complexity index is 893. The largest absolute Gasteiger partial charge is 0.508 e. The zero-order valence-electron chi connectivity index (χ0n) is 15.0. The molecule has 26 heavy (non-hydrogen) atoms. The first-order valence-electron chi connectivity index (χ1n) is 8.49. The maximum Gasteiger partial charge on any atom is 0.168 e. The van der Waals surface area contributed by atoms with E-state index in [0.29, 0.717) is 41.4 Å². The topological polar surface area (TPSA) is 103 Å². The van der Waals surface area contributed by atoms with Gasteiger partial charge < -0.3 is 19.6 Å². The summed E-state index contributed by atoms with van der Waals surface area (Å²) in [5.41, 5.74) is 2.47. The molecule has 136 valence electrons. The molecule has 7 heteroatoms. The summed E-state index contributed by atoms with van der Waals surface area (Å²) in [6.45, 7) is 6.98. The van der Waals surface area contributed by atoms with E-state index in [1.54, 1.807) is 17.2 Å². The smallest absolute Gasteiger partial charge is 0.168 e. The van der Waals surface area contributed by atoms with E-state index in [0.717, 1.165) is 5.57 Å². The van der Waals surface area contributed by atoms with Crippen molar-refractivity contribution in [2.75, 3.05) is 13.1 Å². The standard InChI is InChI=1S/C19H21N3O4/c1-4-22-10-15(18-7-12(5-6-20)21-25-18)19(26-22)14-8-13(11(2)3)16(23)9-17(14)24/h7-9,11,23-24H,4-5,10H2,1-3H3. The fourth-order valence-corrected chi connectivity index (χ4v) is 2.90. The van der Waals surface area contributed by atoms with Crippen LogP contribution in [0, 0.1) is 11.3 Å². The fourth-order valence-electron chi connectivity index (χ4n) is 2.90. The zero-order chi connectivity index (χ0) is 18.8. The highest BCUT2D eigenvalue weighted by Gasteiger charge is 2.30. The Balaban J connectivity index is 2.12. The molecule has 0 radical (unpaired) electrons. The molecular formula is C19H21N3O4. The van der Waals surface area contributed by atoms with Crippen LogP contribution in [0.15, 0.2) is 22.7 Å². The molecule has 0 saturated heterocycles. The minimum Gasteiger partial charge on any atom is -0.508 e. The van der Waals surface area contributed by atoms with Crippen molar-refractivity contribution in [1.29, 1.82) is 5.26 Å². The van der Waals surface area contributed by atoms with Gasteiger partial charge in [0.2, 0.25) is 0 Å². The van der Waals surface area contributed by atoms with Gasteiger partial charge in [-0.1, -0.05) is 19.0 Å². The highest BCUT2D eigenvalue weighted by atomic mass is 16.7. The average molecular weight is 355 g/mol. The van der Waals surface area contributed by atoms with Crippen molar-refractivity contribution in [3.63, 3.8) is 0 Å². The van der Waals surface area contributed by atoms with Crippen molar-refractivity contribution in [2.45, 2.75) is 33.1 Å². The second kappa shape index (κ2) is 7.10. The summed E-state index contributed by atoms with van der Waals surface area (Å²) < 4.78 is 5.39. The van der Waals surface area contributed by atoms with Crippen LogP contribution in [0.5, 0.6) is 11.5 Å². The highest BCUT2D eigenvalue weighted by molar-refractivity contribution is 5.90. The first-order chi connectivity index (χ1) is 12.4. The number of likely N-dealkylation sites (N-methyl/N-ethyl adjacent to an activating group) is 1. The lowest BCUT2D eigenvalue weighted by atomic mass is 9.96. The van der Waals surface area contributed by atoms with E-state index in [1.165, 1.54) is 6.07 Å². The molecular weight excluding hydrogens is 334 g/mol. The van der Waals surface area contributed by atoms with Gasteiger partial charge in [0.15, 0.2) is 11.5 Å². The van der Waals surface area contributed by atoms with Gasteiger partial charge in [0.05, 0.1) is 35.9 Å². The lowest BCUT2D eigenvalue weighted by Crippen LogP contribution is -2.18. The van der Waals surface area contributed by atoms with Gasteiger partial charge in [-0.15, -0.1) is 5.06 Å². The lowest BCUT2D eigenvalue weighted by Gasteiger charge is -2.16. The Morgan fingerprint density at radius 3 is 2.69 bits per heavy atom. The molecule has 2 aromatic rings. The zero-order valence-corrected chi connectivity index (χ0v) is 15.0. The number of hydrogen-bond donors (Lipinski definition) is 2. The molecule has 0 fully saturated rings. The third kappa shape index (κ3) is 3.24. The van der Waals surface area contributed by atoms with Gasteiger partial charge >= 0.3 is 0 Å². The average Bonchev–Trinajstić information content (AvgIpc) is 3.21. The number of hydroxylamine groups is 2. The Morgan fingerprint density at radius 1 is 1.27 bits per heavy atom. The van der Waals surface area contributed by atoms with Crippen molar-refractivity contribution < 1.29 is 19.6 Å². The Morgan fingerprint density at radius 2 is 2.04 bits per heavy atom. The minimum absolute atomic E-state index is 0.0460. The first-order valence-corrected chi connectivity index (χ1v) is 8.49. The molecule has 0 bridgehead atoms. The van der Waals surface area contributed by atoms with E-state index in [9.17, 15) is 10.2 Å². The molecule has 0 aliphatic carbocycles. The van der Waals surface area contributed by atoms with Gasteiger partial charge in [0.1, 0.15) is 11.5 Å². The second-order valence-corrected chi connectivity index (χ2v) is 6.46. The molecule has 0 amide bonds. The number of aromatic hydroxyl groups is 2. The quantitative estimate of drug-likeness (QED) is 0.847. The molecule has 0 atom stereocenters. The fraction of sp³-hybridized carbons (Fsp3) is 0.368. The SMILES string of the molecule is CCN1CC(c2cc(CC#N)no2)=C(c2cc(C(C)C)c(O)cc2O)O1. The molecule has 1 aromatic carbocycles. The maximum absolute atomic E-state index is 10.4. The monoisotopic (exact) mass is 355 g/mol. The van der Waals surface area contributed by atoms with Crippen LogP contribution in [0.1, 0.15) is 49.3 Å². The van der Waals surface area contributed by atoms with E-state index < -0.39 is 0 Å². The van der Waals surface area contributed by atoms with Crippen LogP contribution in [0.25, 0.3) is 11.3 Å². The Hall–Kier alpha value is -2.98. The van der Waals surface area contributed by atoms with Crippen molar-refractivity contribution in [2.24, 2.45) is 0 Å². The summed E-state index contributed by atoms with van der Waals surface area (Å²) in [4.78, 5) is 5.91. The summed E-state index contributed by atoms with van der Waals surface area (Å²) in [6, 6.07) is 6.81. The number of hydrogen-bond acceptors (Lipinski definition) is 7. The molecule has 1 aliphatic heterocycles. The molecule has 1 aromatic heterocycles. The molecule has 0 saturated carbocycles. The second-order valence-electron chi connectivity index (χ2n) is 6.46. The van der Waals surface area contributed by atoms with Crippen LogP contribution < -0.4 is 0 Å². The maximum atomic E-state index is 10.4. The van der Waals surface area contributed by atoms with Gasteiger partial charge in [-0.25, -0.2) is 0 Å². The molecule has 2 N–H and O–H groups in total. The van der Waals surface area contributed by atoms with E-state index in [4.69, 9.17) is 14.6 Å². The summed E-state index contributed by atoms with van der Waals surface area (Å²) >= 11 is 0. The Labute approximate surface area is 151 Å². The van der Waals surface area contributed by atoms with Crippen LogP contribution in [0.4, 0.5) is 0 Å². The molecule has 0 spiro atoms. The van der Waals surface area contributed by atoms with Crippen molar-refractivity contribution in [3.05, 3.63) is 40.8 Å². The van der Waals surface area contributed by atoms with Crippen molar-refractivity contribution in [1.82, 2.24) is 10.2 Å². The van der Waals surface area contributed by atoms with E-state index in [-0.39, 0.29) is 23.8 Å². The van der Waals surface area contributed by atoms with Crippen LogP contribution >= 0.6 is 0 Å². The van der Waals surface area contributed by atoms with Crippen molar-refractivity contribution in [3.8, 4) is 17.6 Å². The summed E-state index contributed by atoms with van der Waals surface area (Å²) in [5.74, 6) is 1.01. The predicted octanol–water partition coefficient (Wildman–Crippen LogP) is 3.41. The number of nitriles is 1. The summed E-state index contributed by atoms with van der Waals surface area (Å²) in [5, 5.41) is 34.9.